The van der Waals surface area contributed by atoms with Crippen molar-refractivity contribution < 1.29 is 4.74 Å². The number of nitrogens with zero attached hydrogens (tertiary/aromatic N) is 3. The largest absolute Gasteiger partial charge is 0.485 e. The van der Waals surface area contributed by atoms with E-state index in [1.54, 1.807) is 6.20 Å². The molecular formula is C40H27N3O. The average Bonchev–Trinajstić information content (AvgIpc) is 3.39. The second-order valence-corrected chi connectivity index (χ2v) is 11.5. The summed E-state index contributed by atoms with van der Waals surface area (Å²) in [6.07, 6.45) is 9.22. The predicted octanol–water partition coefficient (Wildman–Crippen LogP) is 8.83. The highest BCUT2D eigenvalue weighted by Crippen LogP contribution is 2.61. The molecule has 3 heterocycles. The lowest BCUT2D eigenvalue weighted by atomic mass is 9.63. The van der Waals surface area contributed by atoms with Crippen LogP contribution >= 0.6 is 0 Å². The van der Waals surface area contributed by atoms with Crippen LogP contribution in [-0.4, -0.2) is 21.1 Å². The van der Waals surface area contributed by atoms with E-state index in [4.69, 9.17) is 14.7 Å². The molecule has 2 aromatic heterocycles. The molecule has 44 heavy (non-hydrogen) atoms. The molecule has 0 saturated heterocycles. The standard InChI is InChI=1S/C40H27N3O/c1-2-12-26(13-3-1)35-25-36(34-19-10-11-23-41-34)43-39(42-35)27-21-22-33-38(24-27)44-37-20-9-8-18-32(37)40(33)30-16-6-4-14-28(30)29-15-5-7-17-31(29)40/h1-19,21-25,37H,20H2. The summed E-state index contributed by atoms with van der Waals surface area (Å²) < 4.78 is 6.86. The summed E-state index contributed by atoms with van der Waals surface area (Å²) in [5.74, 6) is 1.52. The zero-order chi connectivity index (χ0) is 29.1. The lowest BCUT2D eigenvalue weighted by molar-refractivity contribution is 0.205. The monoisotopic (exact) mass is 565 g/mol. The number of pyridine rings is 1. The first kappa shape index (κ1) is 24.9. The molecular weight excluding hydrogens is 538 g/mol. The molecule has 1 aliphatic heterocycles. The molecule has 0 bridgehead atoms. The Morgan fingerprint density at radius 3 is 2.11 bits per heavy atom. The van der Waals surface area contributed by atoms with E-state index in [0.717, 1.165) is 45.9 Å². The molecule has 1 unspecified atom stereocenters. The van der Waals surface area contributed by atoms with Crippen LogP contribution in [0, 0.1) is 0 Å². The number of hydrogen-bond acceptors (Lipinski definition) is 4. The number of rotatable bonds is 3. The van der Waals surface area contributed by atoms with E-state index in [1.165, 1.54) is 27.8 Å². The van der Waals surface area contributed by atoms with Crippen LogP contribution in [-0.2, 0) is 5.41 Å². The first-order chi connectivity index (χ1) is 21.8. The van der Waals surface area contributed by atoms with Crippen LogP contribution in [0.15, 0.2) is 151 Å². The molecule has 0 amide bonds. The van der Waals surface area contributed by atoms with Gasteiger partial charge in [0.15, 0.2) is 5.82 Å². The van der Waals surface area contributed by atoms with E-state index in [2.05, 4.69) is 102 Å². The number of allylic oxidation sites excluding steroid dienone is 2. The third kappa shape index (κ3) is 3.61. The van der Waals surface area contributed by atoms with Gasteiger partial charge in [-0.3, -0.25) is 4.98 Å². The zero-order valence-electron chi connectivity index (χ0n) is 23.9. The summed E-state index contributed by atoms with van der Waals surface area (Å²) in [6, 6.07) is 42.4. The van der Waals surface area contributed by atoms with Gasteiger partial charge in [-0.05, 0) is 52.1 Å². The van der Waals surface area contributed by atoms with Crippen molar-refractivity contribution >= 4 is 0 Å². The number of fused-ring (bicyclic) bond motifs is 9. The van der Waals surface area contributed by atoms with Gasteiger partial charge < -0.3 is 4.74 Å². The van der Waals surface area contributed by atoms with E-state index in [0.29, 0.717) is 5.82 Å². The fourth-order valence-corrected chi connectivity index (χ4v) is 7.28. The summed E-state index contributed by atoms with van der Waals surface area (Å²) in [5.41, 5.74) is 11.6. The third-order valence-electron chi connectivity index (χ3n) is 9.13. The van der Waals surface area contributed by atoms with E-state index >= 15 is 0 Å². The van der Waals surface area contributed by atoms with Gasteiger partial charge in [0.05, 0.1) is 22.5 Å². The molecule has 208 valence electrons. The Morgan fingerprint density at radius 1 is 0.614 bits per heavy atom. The van der Waals surface area contributed by atoms with Gasteiger partial charge in [0.1, 0.15) is 11.9 Å². The number of aromatic nitrogens is 3. The van der Waals surface area contributed by atoms with Gasteiger partial charge in [-0.1, -0.05) is 115 Å². The number of ether oxygens (including phenoxy) is 1. The van der Waals surface area contributed by atoms with E-state index in [9.17, 15) is 0 Å². The molecule has 0 saturated carbocycles. The topological polar surface area (TPSA) is 47.9 Å². The molecule has 4 aromatic carbocycles. The van der Waals surface area contributed by atoms with Gasteiger partial charge in [-0.2, -0.15) is 0 Å². The molecule has 0 radical (unpaired) electrons. The molecule has 1 spiro atoms. The van der Waals surface area contributed by atoms with Crippen LogP contribution in [0.1, 0.15) is 23.1 Å². The predicted molar refractivity (Wildman–Crippen MR) is 174 cm³/mol. The second kappa shape index (κ2) is 9.72. The SMILES string of the molecule is C1=CCC2Oc3cc(-c4nc(-c5ccccc5)cc(-c5ccccn5)n4)ccc3C3(C2=C1)c1ccccc1-c1ccccc13. The molecule has 0 N–H and O–H groups in total. The van der Waals surface area contributed by atoms with E-state index < -0.39 is 5.41 Å². The molecule has 0 fully saturated rings. The summed E-state index contributed by atoms with van der Waals surface area (Å²) in [4.78, 5) is 14.7. The quantitative estimate of drug-likeness (QED) is 0.215. The molecule has 1 atom stereocenters. The average molecular weight is 566 g/mol. The fraction of sp³-hybridized carbons (Fsp3) is 0.0750. The smallest absolute Gasteiger partial charge is 0.160 e. The lowest BCUT2D eigenvalue weighted by Gasteiger charge is -2.45. The van der Waals surface area contributed by atoms with Gasteiger partial charge in [0, 0.05) is 29.3 Å². The minimum absolute atomic E-state index is 0.0670. The van der Waals surface area contributed by atoms with Crippen molar-refractivity contribution in [3.05, 3.63) is 168 Å². The van der Waals surface area contributed by atoms with Gasteiger partial charge in [0.2, 0.25) is 0 Å². The third-order valence-corrected chi connectivity index (χ3v) is 9.13. The Labute approximate surface area is 256 Å². The normalized spacial score (nSPS) is 16.7. The summed E-state index contributed by atoms with van der Waals surface area (Å²) in [5, 5.41) is 0. The van der Waals surface area contributed by atoms with E-state index in [1.807, 2.05) is 42.5 Å². The fourth-order valence-electron chi connectivity index (χ4n) is 7.28. The van der Waals surface area contributed by atoms with Crippen LogP contribution in [0.2, 0.25) is 0 Å². The Bertz CT molecular complexity index is 2030. The van der Waals surface area contributed by atoms with E-state index in [-0.39, 0.29) is 6.10 Å². The van der Waals surface area contributed by atoms with Crippen LogP contribution in [0.3, 0.4) is 0 Å². The first-order valence-electron chi connectivity index (χ1n) is 15.0. The molecule has 4 nitrogen and oxygen atoms in total. The summed E-state index contributed by atoms with van der Waals surface area (Å²) in [6.45, 7) is 0. The van der Waals surface area contributed by atoms with Crippen LogP contribution in [0.5, 0.6) is 5.75 Å². The Hall–Kier alpha value is -5.61. The van der Waals surface area contributed by atoms with Crippen molar-refractivity contribution in [1.82, 2.24) is 15.0 Å². The minimum Gasteiger partial charge on any atom is -0.485 e. The van der Waals surface area contributed by atoms with Crippen molar-refractivity contribution in [2.45, 2.75) is 17.9 Å². The van der Waals surface area contributed by atoms with Crippen molar-refractivity contribution in [3.63, 3.8) is 0 Å². The highest BCUT2D eigenvalue weighted by Gasteiger charge is 2.53. The molecule has 6 aromatic rings. The molecule has 3 aliphatic rings. The molecule has 9 rings (SSSR count). The van der Waals surface area contributed by atoms with Crippen molar-refractivity contribution in [1.29, 1.82) is 0 Å². The van der Waals surface area contributed by atoms with Crippen LogP contribution in [0.25, 0.3) is 45.2 Å². The minimum atomic E-state index is -0.430. The van der Waals surface area contributed by atoms with Crippen LogP contribution < -0.4 is 4.74 Å². The second-order valence-electron chi connectivity index (χ2n) is 11.5. The highest BCUT2D eigenvalue weighted by molar-refractivity contribution is 5.88. The van der Waals surface area contributed by atoms with Crippen molar-refractivity contribution in [2.75, 3.05) is 0 Å². The maximum absolute atomic E-state index is 6.86. The number of benzene rings is 4. The Morgan fingerprint density at radius 2 is 1.34 bits per heavy atom. The van der Waals surface area contributed by atoms with Gasteiger partial charge in [0.25, 0.3) is 0 Å². The number of hydrogen-bond donors (Lipinski definition) is 0. The Kier molecular flexibility index (Phi) is 5.51. The maximum Gasteiger partial charge on any atom is 0.160 e. The van der Waals surface area contributed by atoms with Gasteiger partial charge in [-0.25, -0.2) is 9.97 Å². The maximum atomic E-state index is 6.86. The first-order valence-corrected chi connectivity index (χ1v) is 15.0. The van der Waals surface area contributed by atoms with Gasteiger partial charge >= 0.3 is 0 Å². The summed E-state index contributed by atoms with van der Waals surface area (Å²) >= 11 is 0. The zero-order valence-corrected chi connectivity index (χ0v) is 23.9. The Balaban J connectivity index is 1.27. The van der Waals surface area contributed by atoms with Crippen molar-refractivity contribution in [3.8, 4) is 50.9 Å². The summed E-state index contributed by atoms with van der Waals surface area (Å²) in [7, 11) is 0. The molecule has 4 heteroatoms. The van der Waals surface area contributed by atoms with Crippen LogP contribution in [0.4, 0.5) is 0 Å². The van der Waals surface area contributed by atoms with Gasteiger partial charge in [-0.15, -0.1) is 0 Å². The lowest BCUT2D eigenvalue weighted by Crippen LogP contribution is -2.42. The molecule has 2 aliphatic carbocycles. The highest BCUT2D eigenvalue weighted by atomic mass is 16.5. The van der Waals surface area contributed by atoms with Crippen molar-refractivity contribution in [2.24, 2.45) is 0 Å².